The zero-order valence-electron chi connectivity index (χ0n) is 7.96. The first kappa shape index (κ1) is 9.46. The molecule has 1 aromatic heterocycles. The topological polar surface area (TPSA) is 58.7 Å². The highest BCUT2D eigenvalue weighted by atomic mass is 16.1. The van der Waals surface area contributed by atoms with Crippen molar-refractivity contribution in [3.8, 4) is 6.07 Å². The largest absolute Gasteiger partial charge is 0.293 e. The van der Waals surface area contributed by atoms with E-state index in [1.807, 2.05) is 13.0 Å². The molecule has 13 heavy (non-hydrogen) atoms. The lowest BCUT2D eigenvalue weighted by Crippen LogP contribution is -2.00. The fourth-order valence-corrected chi connectivity index (χ4v) is 1.23. The molecule has 4 heteroatoms. The number of hydrogen-bond acceptors (Lipinski definition) is 3. The summed E-state index contributed by atoms with van der Waals surface area (Å²) in [6, 6.07) is 2.00. The maximum atomic E-state index is 11.1. The highest BCUT2D eigenvalue weighted by Crippen LogP contribution is 2.12. The van der Waals surface area contributed by atoms with Gasteiger partial charge in [0.2, 0.25) is 0 Å². The Morgan fingerprint density at radius 2 is 2.31 bits per heavy atom. The minimum Gasteiger partial charge on any atom is -0.293 e. The number of rotatable bonds is 2. The average molecular weight is 177 g/mol. The normalized spacial score (nSPS) is 9.69. The number of nitriles is 1. The fraction of sp³-hybridized carbons (Fsp3) is 0.444. The third-order valence-electron chi connectivity index (χ3n) is 1.95. The summed E-state index contributed by atoms with van der Waals surface area (Å²) in [6.45, 7) is 5.81. The summed E-state index contributed by atoms with van der Waals surface area (Å²) in [6.07, 6.45) is 0. The molecule has 0 spiro atoms. The molecular weight excluding hydrogens is 166 g/mol. The van der Waals surface area contributed by atoms with Crippen molar-refractivity contribution in [3.05, 3.63) is 17.0 Å². The molecule has 0 N–H and O–H groups in total. The highest BCUT2D eigenvalue weighted by molar-refractivity contribution is 5.94. The zero-order valence-corrected chi connectivity index (χ0v) is 7.96. The average Bonchev–Trinajstić information content (AvgIpc) is 2.42. The molecule has 1 aromatic rings. The SMILES string of the molecule is CCn1nc(C(C)=O)c(C#N)c1C. The molecule has 0 saturated heterocycles. The third-order valence-corrected chi connectivity index (χ3v) is 1.95. The van der Waals surface area contributed by atoms with E-state index in [4.69, 9.17) is 5.26 Å². The molecule has 0 bridgehead atoms. The molecule has 0 fully saturated rings. The number of carbonyl (C=O) groups excluding carboxylic acids is 1. The molecule has 0 amide bonds. The van der Waals surface area contributed by atoms with E-state index in [1.54, 1.807) is 11.6 Å². The first-order valence-electron chi connectivity index (χ1n) is 4.10. The van der Waals surface area contributed by atoms with E-state index >= 15 is 0 Å². The van der Waals surface area contributed by atoms with Gasteiger partial charge in [0, 0.05) is 13.5 Å². The van der Waals surface area contributed by atoms with Gasteiger partial charge in [0.1, 0.15) is 17.3 Å². The lowest BCUT2D eigenvalue weighted by atomic mass is 10.1. The first-order chi connectivity index (χ1) is 6.11. The number of hydrogen-bond donors (Lipinski definition) is 0. The lowest BCUT2D eigenvalue weighted by molar-refractivity contribution is 0.101. The van der Waals surface area contributed by atoms with Gasteiger partial charge in [-0.3, -0.25) is 9.48 Å². The lowest BCUT2D eigenvalue weighted by Gasteiger charge is -1.95. The Hall–Kier alpha value is -1.63. The summed E-state index contributed by atoms with van der Waals surface area (Å²) < 4.78 is 1.66. The molecule has 0 radical (unpaired) electrons. The second kappa shape index (κ2) is 3.40. The maximum Gasteiger partial charge on any atom is 0.181 e. The van der Waals surface area contributed by atoms with Crippen LogP contribution in [0.1, 0.15) is 35.6 Å². The molecule has 1 heterocycles. The quantitative estimate of drug-likeness (QED) is 0.639. The van der Waals surface area contributed by atoms with E-state index in [9.17, 15) is 4.79 Å². The second-order valence-electron chi connectivity index (χ2n) is 2.79. The van der Waals surface area contributed by atoms with Crippen molar-refractivity contribution in [2.45, 2.75) is 27.3 Å². The fourth-order valence-electron chi connectivity index (χ4n) is 1.23. The Kier molecular flexibility index (Phi) is 2.47. The van der Waals surface area contributed by atoms with Gasteiger partial charge >= 0.3 is 0 Å². The predicted octanol–water partition coefficient (Wildman–Crippen LogP) is 1.29. The van der Waals surface area contributed by atoms with Crippen LogP contribution >= 0.6 is 0 Å². The number of carbonyl (C=O) groups is 1. The molecule has 0 aliphatic heterocycles. The van der Waals surface area contributed by atoms with Gasteiger partial charge in [0.05, 0.1) is 5.69 Å². The molecule has 0 unspecified atom stereocenters. The van der Waals surface area contributed by atoms with Crippen molar-refractivity contribution in [1.29, 1.82) is 5.26 Å². The van der Waals surface area contributed by atoms with Crippen LogP contribution in [0.4, 0.5) is 0 Å². The number of Topliss-reactive ketones (excluding diaryl/α,β-unsaturated/α-hetero) is 1. The van der Waals surface area contributed by atoms with Crippen molar-refractivity contribution in [2.24, 2.45) is 0 Å². The van der Waals surface area contributed by atoms with Gasteiger partial charge in [0.25, 0.3) is 0 Å². The van der Waals surface area contributed by atoms with Crippen LogP contribution in [-0.2, 0) is 6.54 Å². The predicted molar refractivity (Wildman–Crippen MR) is 47.4 cm³/mol. The van der Waals surface area contributed by atoms with Crippen molar-refractivity contribution in [2.75, 3.05) is 0 Å². The van der Waals surface area contributed by atoms with Gasteiger partial charge in [-0.05, 0) is 13.8 Å². The molecule has 4 nitrogen and oxygen atoms in total. The van der Waals surface area contributed by atoms with Crippen LogP contribution in [0.5, 0.6) is 0 Å². The molecule has 1 rings (SSSR count). The summed E-state index contributed by atoms with van der Waals surface area (Å²) in [7, 11) is 0. The molecule has 0 aromatic carbocycles. The molecule has 0 aliphatic rings. The van der Waals surface area contributed by atoms with Crippen LogP contribution < -0.4 is 0 Å². The van der Waals surface area contributed by atoms with Gasteiger partial charge in [-0.1, -0.05) is 0 Å². The molecule has 68 valence electrons. The van der Waals surface area contributed by atoms with E-state index < -0.39 is 0 Å². The van der Waals surface area contributed by atoms with Gasteiger partial charge in [-0.15, -0.1) is 0 Å². The van der Waals surface area contributed by atoms with Crippen molar-refractivity contribution >= 4 is 5.78 Å². The van der Waals surface area contributed by atoms with Crippen LogP contribution in [0.2, 0.25) is 0 Å². The Morgan fingerprint density at radius 1 is 1.69 bits per heavy atom. The monoisotopic (exact) mass is 177 g/mol. The van der Waals surface area contributed by atoms with E-state index in [0.717, 1.165) is 5.69 Å². The minimum atomic E-state index is -0.160. The van der Waals surface area contributed by atoms with Crippen LogP contribution in [0.3, 0.4) is 0 Å². The van der Waals surface area contributed by atoms with Crippen LogP contribution in [0.15, 0.2) is 0 Å². The maximum absolute atomic E-state index is 11.1. The first-order valence-corrected chi connectivity index (χ1v) is 4.10. The number of aryl methyl sites for hydroxylation is 1. The Labute approximate surface area is 76.8 Å². The van der Waals surface area contributed by atoms with E-state index in [1.165, 1.54) is 6.92 Å². The summed E-state index contributed by atoms with van der Waals surface area (Å²) in [5.74, 6) is -0.160. The van der Waals surface area contributed by atoms with Gasteiger partial charge in [-0.2, -0.15) is 10.4 Å². The standard InChI is InChI=1S/C9H11N3O/c1-4-12-6(2)8(5-10)9(11-12)7(3)13/h4H2,1-3H3. The number of ketones is 1. The van der Waals surface area contributed by atoms with E-state index in [-0.39, 0.29) is 11.5 Å². The van der Waals surface area contributed by atoms with Gasteiger partial charge < -0.3 is 0 Å². The summed E-state index contributed by atoms with van der Waals surface area (Å²) in [5, 5.41) is 12.8. The minimum absolute atomic E-state index is 0.160. The van der Waals surface area contributed by atoms with Gasteiger partial charge in [-0.25, -0.2) is 0 Å². The highest BCUT2D eigenvalue weighted by Gasteiger charge is 2.16. The summed E-state index contributed by atoms with van der Waals surface area (Å²) in [4.78, 5) is 11.1. The smallest absolute Gasteiger partial charge is 0.181 e. The molecular formula is C9H11N3O. The molecule has 0 saturated carbocycles. The van der Waals surface area contributed by atoms with Crippen molar-refractivity contribution < 1.29 is 4.79 Å². The number of aromatic nitrogens is 2. The van der Waals surface area contributed by atoms with Gasteiger partial charge in [0.15, 0.2) is 5.78 Å². The summed E-state index contributed by atoms with van der Waals surface area (Å²) in [5.41, 5.74) is 1.44. The van der Waals surface area contributed by atoms with Crippen molar-refractivity contribution in [1.82, 2.24) is 9.78 Å². The van der Waals surface area contributed by atoms with Crippen LogP contribution in [-0.4, -0.2) is 15.6 Å². The third kappa shape index (κ3) is 1.45. The molecule has 0 atom stereocenters. The van der Waals surface area contributed by atoms with E-state index in [2.05, 4.69) is 5.10 Å². The Bertz CT molecular complexity index is 384. The second-order valence-corrected chi connectivity index (χ2v) is 2.79. The Morgan fingerprint density at radius 3 is 2.62 bits per heavy atom. The Balaban J connectivity index is 3.38. The van der Waals surface area contributed by atoms with E-state index in [0.29, 0.717) is 12.1 Å². The van der Waals surface area contributed by atoms with Crippen molar-refractivity contribution in [3.63, 3.8) is 0 Å². The van der Waals surface area contributed by atoms with Crippen LogP contribution in [0, 0.1) is 18.3 Å². The summed E-state index contributed by atoms with van der Waals surface area (Å²) >= 11 is 0. The van der Waals surface area contributed by atoms with Crippen LogP contribution in [0.25, 0.3) is 0 Å². The number of nitrogens with zero attached hydrogens (tertiary/aromatic N) is 3. The zero-order chi connectivity index (χ0) is 10.0. The molecule has 0 aliphatic carbocycles.